The Bertz CT molecular complexity index is 47.4. The van der Waals surface area contributed by atoms with E-state index in [4.69, 9.17) is 0 Å². The van der Waals surface area contributed by atoms with Crippen molar-refractivity contribution >= 4 is 12.4 Å². The Hall–Kier alpha value is 0.964. The third-order valence-corrected chi connectivity index (χ3v) is 1.34. The third kappa shape index (κ3) is 18.2. The maximum Gasteiger partial charge on any atom is 0 e. The second kappa shape index (κ2) is 17.2. The molecule has 0 aliphatic carbocycles. The monoisotopic (exact) mass is 212 g/mol. The second-order valence-electron chi connectivity index (χ2n) is 2.38. The normalized spacial score (nSPS) is 8.18. The Labute approximate surface area is 92.0 Å². The van der Waals surface area contributed by atoms with Gasteiger partial charge in [0.1, 0.15) is 0 Å². The Kier molecular flexibility index (Phi) is 27.9. The number of unbranched alkanes of at least 4 members (excludes halogenated alkanes) is 2. The Balaban J connectivity index is -0.000000320. The van der Waals surface area contributed by atoms with Crippen LogP contribution < -0.4 is 0 Å². The van der Waals surface area contributed by atoms with Gasteiger partial charge >= 0.3 is 0 Å². The average Bonchev–Trinajstić information content (AvgIpc) is 1.89. The smallest absolute Gasteiger partial charge is 0 e. The molecule has 0 radical (unpaired) electrons. The van der Waals surface area contributed by atoms with E-state index in [2.05, 4.69) is 19.2 Å². The molecule has 0 saturated heterocycles. The first kappa shape index (κ1) is 17.9. The molecular weight excluding hydrogens is 193 g/mol. The molecule has 68 valence electrons. The molecule has 11 heavy (non-hydrogen) atoms. The predicted octanol–water partition coefficient (Wildman–Crippen LogP) is 3.38. The van der Waals surface area contributed by atoms with Crippen LogP contribution in [0.2, 0.25) is 0 Å². The van der Waals surface area contributed by atoms with Gasteiger partial charge in [0.15, 0.2) is 0 Å². The molecule has 0 bridgehead atoms. The van der Waals surface area contributed by atoms with Gasteiger partial charge in [-0.05, 0) is 0 Å². The summed E-state index contributed by atoms with van der Waals surface area (Å²) in [5.41, 5.74) is 0. The van der Waals surface area contributed by atoms with E-state index in [9.17, 15) is 0 Å². The molecule has 1 nitrogen and oxygen atoms in total. The fraction of sp³-hybridized carbons (Fsp3) is 1.00. The molecule has 0 spiro atoms. The van der Waals surface area contributed by atoms with E-state index in [1.54, 1.807) is 0 Å². The first-order chi connectivity index (χ1) is 4.41. The summed E-state index contributed by atoms with van der Waals surface area (Å²) < 4.78 is 0. The summed E-state index contributed by atoms with van der Waals surface area (Å²) in [5, 5.41) is 4.35. The van der Waals surface area contributed by atoms with E-state index in [1.807, 2.05) is 0 Å². The van der Waals surface area contributed by atoms with Crippen LogP contribution in [0.1, 0.15) is 39.5 Å². The van der Waals surface area contributed by atoms with Gasteiger partial charge in [0, 0.05) is 21.7 Å². The van der Waals surface area contributed by atoms with Gasteiger partial charge in [0.2, 0.25) is 0 Å². The van der Waals surface area contributed by atoms with Crippen molar-refractivity contribution in [2.24, 2.45) is 0 Å². The van der Waals surface area contributed by atoms with Crippen LogP contribution in [0.4, 0.5) is 0 Å². The summed E-state index contributed by atoms with van der Waals surface area (Å²) >= 11 is 0. The first-order valence-electron chi connectivity index (χ1n) is 4.05. The molecule has 0 aliphatic rings. The molecule has 0 aromatic rings. The number of hydrogen-bond donors (Lipinski definition) is 0. The topological polar surface area (TPSA) is 14.1 Å². The van der Waals surface area contributed by atoms with Crippen molar-refractivity contribution in [3.63, 3.8) is 0 Å². The quantitative estimate of drug-likeness (QED) is 0.473. The summed E-state index contributed by atoms with van der Waals surface area (Å²) in [6, 6.07) is 0. The molecule has 0 rings (SSSR count). The molecule has 0 saturated carbocycles. The fourth-order valence-electron chi connectivity index (χ4n) is 0.652. The number of rotatable bonds is 6. The van der Waals surface area contributed by atoms with Gasteiger partial charge in [0.05, 0.1) is 0 Å². The van der Waals surface area contributed by atoms with Crippen molar-refractivity contribution in [2.75, 3.05) is 13.1 Å². The summed E-state index contributed by atoms with van der Waals surface area (Å²) in [7, 11) is 0. The van der Waals surface area contributed by atoms with E-state index in [0.29, 0.717) is 0 Å². The van der Waals surface area contributed by atoms with Crippen molar-refractivity contribution in [2.45, 2.75) is 39.5 Å². The van der Waals surface area contributed by atoms with E-state index < -0.39 is 0 Å². The van der Waals surface area contributed by atoms with Gasteiger partial charge in [-0.15, -0.1) is 25.5 Å². The van der Waals surface area contributed by atoms with Crippen LogP contribution in [-0.2, 0) is 21.7 Å². The van der Waals surface area contributed by atoms with Crippen LogP contribution in [0.5, 0.6) is 0 Å². The van der Waals surface area contributed by atoms with Crippen molar-refractivity contribution < 1.29 is 21.7 Å². The van der Waals surface area contributed by atoms with Crippen molar-refractivity contribution in [3.8, 4) is 0 Å². The SMILES string of the molecule is CCCC[N-]CCCC.Cl.[Ti]. The molecule has 0 aromatic heterocycles. The van der Waals surface area contributed by atoms with E-state index in [-0.39, 0.29) is 34.1 Å². The molecular formula is C8H19ClNTi-. The molecule has 0 amide bonds. The molecule has 0 atom stereocenters. The maximum absolute atomic E-state index is 4.35. The van der Waals surface area contributed by atoms with Gasteiger partial charge in [-0.3, -0.25) is 0 Å². The summed E-state index contributed by atoms with van der Waals surface area (Å²) in [6.45, 7) is 6.57. The molecule has 0 N–H and O–H groups in total. The molecule has 3 heteroatoms. The average molecular weight is 213 g/mol. The van der Waals surface area contributed by atoms with Gasteiger partial charge in [-0.1, -0.05) is 39.5 Å². The summed E-state index contributed by atoms with van der Waals surface area (Å²) in [5.74, 6) is 0. The fourth-order valence-corrected chi connectivity index (χ4v) is 0.652. The van der Waals surface area contributed by atoms with Crippen LogP contribution in [-0.4, -0.2) is 13.1 Å². The van der Waals surface area contributed by atoms with Gasteiger partial charge < -0.3 is 5.32 Å². The molecule has 0 aromatic carbocycles. The molecule has 0 fully saturated rings. The van der Waals surface area contributed by atoms with Crippen LogP contribution in [0.15, 0.2) is 0 Å². The van der Waals surface area contributed by atoms with Crippen LogP contribution >= 0.6 is 12.4 Å². The van der Waals surface area contributed by atoms with Crippen LogP contribution in [0.25, 0.3) is 5.32 Å². The molecule has 0 heterocycles. The second-order valence-corrected chi connectivity index (χ2v) is 2.38. The summed E-state index contributed by atoms with van der Waals surface area (Å²) in [4.78, 5) is 0. The predicted molar refractivity (Wildman–Crippen MR) is 50.2 cm³/mol. The van der Waals surface area contributed by atoms with Gasteiger partial charge in [-0.2, -0.15) is 0 Å². The standard InChI is InChI=1S/C8H18N.ClH.Ti/c1-3-5-7-9-8-6-4-2;;/h3-8H2,1-2H3;1H;/q-1;;. The zero-order valence-electron chi connectivity index (χ0n) is 7.60. The van der Waals surface area contributed by atoms with Crippen molar-refractivity contribution in [1.29, 1.82) is 0 Å². The zero-order chi connectivity index (χ0) is 6.95. The first-order valence-corrected chi connectivity index (χ1v) is 4.05. The van der Waals surface area contributed by atoms with Gasteiger partial charge in [0.25, 0.3) is 0 Å². The van der Waals surface area contributed by atoms with E-state index in [0.717, 1.165) is 13.1 Å². The number of hydrogen-bond acceptors (Lipinski definition) is 0. The van der Waals surface area contributed by atoms with Gasteiger partial charge in [-0.25, -0.2) is 0 Å². The summed E-state index contributed by atoms with van der Waals surface area (Å²) in [6.07, 6.45) is 5.08. The maximum atomic E-state index is 4.35. The minimum atomic E-state index is 0. The minimum Gasteiger partial charge on any atom is -0.662 e. The zero-order valence-corrected chi connectivity index (χ0v) is 9.98. The Morgan fingerprint density at radius 3 is 1.55 bits per heavy atom. The van der Waals surface area contributed by atoms with Crippen LogP contribution in [0.3, 0.4) is 0 Å². The van der Waals surface area contributed by atoms with Crippen molar-refractivity contribution in [3.05, 3.63) is 5.32 Å². The van der Waals surface area contributed by atoms with E-state index >= 15 is 0 Å². The number of nitrogens with zero attached hydrogens (tertiary/aromatic N) is 1. The largest absolute Gasteiger partial charge is 0.662 e. The molecule has 0 aliphatic heterocycles. The van der Waals surface area contributed by atoms with Crippen molar-refractivity contribution in [1.82, 2.24) is 0 Å². The third-order valence-electron chi connectivity index (χ3n) is 1.34. The minimum absolute atomic E-state index is 0. The molecule has 0 unspecified atom stereocenters. The Morgan fingerprint density at radius 2 is 1.27 bits per heavy atom. The van der Waals surface area contributed by atoms with E-state index in [1.165, 1.54) is 25.7 Å². The Morgan fingerprint density at radius 1 is 0.909 bits per heavy atom. The number of halogens is 1. The van der Waals surface area contributed by atoms with Crippen LogP contribution in [0, 0.1) is 0 Å².